The van der Waals surface area contributed by atoms with E-state index in [1.807, 2.05) is 11.8 Å². The van der Waals surface area contributed by atoms with Crippen molar-refractivity contribution in [3.63, 3.8) is 0 Å². The molecule has 0 aromatic carbocycles. The van der Waals surface area contributed by atoms with Crippen LogP contribution in [0.3, 0.4) is 0 Å². The maximum atomic E-state index is 12.2. The maximum Gasteiger partial charge on any atom is 0.224 e. The van der Waals surface area contributed by atoms with E-state index in [4.69, 9.17) is 5.73 Å². The predicted molar refractivity (Wildman–Crippen MR) is 74.9 cm³/mol. The molecule has 2 unspecified atom stereocenters. The van der Waals surface area contributed by atoms with Crippen molar-refractivity contribution in [1.82, 2.24) is 19.9 Å². The monoisotopic (exact) mass is 287 g/mol. The summed E-state index contributed by atoms with van der Waals surface area (Å²) in [5.41, 5.74) is 5.96. The summed E-state index contributed by atoms with van der Waals surface area (Å²) in [4.78, 5) is 14.2. The number of nitrogens with zero attached hydrogens (tertiary/aromatic N) is 4. The number of halogens is 1. The average Bonchev–Trinajstić information content (AvgIpc) is 2.89. The van der Waals surface area contributed by atoms with Crippen molar-refractivity contribution < 1.29 is 4.79 Å². The second-order valence-electron chi connectivity index (χ2n) is 4.93. The minimum absolute atomic E-state index is 0. The number of rotatable bonds is 4. The Balaban J connectivity index is 0.00000180. The lowest BCUT2D eigenvalue weighted by atomic mass is 9.96. The highest BCUT2D eigenvalue weighted by Gasteiger charge is 2.28. The molecule has 1 saturated heterocycles. The highest BCUT2D eigenvalue weighted by molar-refractivity contribution is 5.85. The molecule has 2 heterocycles. The zero-order valence-electron chi connectivity index (χ0n) is 11.2. The SMILES string of the molecule is CC(N)C1CCCCN1C(=O)CCn1ccnn1.Cl. The molecule has 1 aromatic heterocycles. The molecule has 0 bridgehead atoms. The van der Waals surface area contributed by atoms with Crippen LogP contribution >= 0.6 is 12.4 Å². The van der Waals surface area contributed by atoms with Crippen molar-refractivity contribution in [3.8, 4) is 0 Å². The van der Waals surface area contributed by atoms with Crippen LogP contribution in [0, 0.1) is 0 Å². The minimum Gasteiger partial charge on any atom is -0.338 e. The molecule has 0 spiro atoms. The van der Waals surface area contributed by atoms with E-state index in [0.29, 0.717) is 13.0 Å². The highest BCUT2D eigenvalue weighted by atomic mass is 35.5. The van der Waals surface area contributed by atoms with E-state index in [2.05, 4.69) is 10.3 Å². The smallest absolute Gasteiger partial charge is 0.224 e. The molecule has 2 N–H and O–H groups in total. The number of amides is 1. The van der Waals surface area contributed by atoms with Crippen LogP contribution in [-0.2, 0) is 11.3 Å². The molecule has 0 saturated carbocycles. The molecule has 1 fully saturated rings. The summed E-state index contributed by atoms with van der Waals surface area (Å²) in [5, 5.41) is 7.58. The van der Waals surface area contributed by atoms with Crippen molar-refractivity contribution in [2.45, 2.75) is 51.2 Å². The normalized spacial score (nSPS) is 20.7. The zero-order valence-corrected chi connectivity index (χ0v) is 12.1. The molecular formula is C12H22ClN5O. The van der Waals surface area contributed by atoms with Gasteiger partial charge in [0.15, 0.2) is 0 Å². The Kier molecular flexibility index (Phi) is 6.24. The van der Waals surface area contributed by atoms with Gasteiger partial charge in [0.25, 0.3) is 0 Å². The fourth-order valence-electron chi connectivity index (χ4n) is 2.52. The van der Waals surface area contributed by atoms with Crippen LogP contribution in [0.5, 0.6) is 0 Å². The second kappa shape index (κ2) is 7.45. The molecule has 2 rings (SSSR count). The molecule has 1 amide bonds. The van der Waals surface area contributed by atoms with Gasteiger partial charge >= 0.3 is 0 Å². The Morgan fingerprint density at radius 2 is 2.32 bits per heavy atom. The van der Waals surface area contributed by atoms with E-state index in [1.54, 1.807) is 17.1 Å². The Labute approximate surface area is 119 Å². The number of likely N-dealkylation sites (tertiary alicyclic amines) is 1. The van der Waals surface area contributed by atoms with Gasteiger partial charge < -0.3 is 10.6 Å². The number of aryl methyl sites for hydroxylation is 1. The van der Waals surface area contributed by atoms with Crippen LogP contribution in [0.2, 0.25) is 0 Å². The number of hydrogen-bond acceptors (Lipinski definition) is 4. The molecule has 7 heteroatoms. The third-order valence-corrected chi connectivity index (χ3v) is 3.50. The molecule has 1 aliphatic rings. The van der Waals surface area contributed by atoms with Crippen LogP contribution in [-0.4, -0.2) is 44.4 Å². The predicted octanol–water partition coefficient (Wildman–Crippen LogP) is 0.818. The van der Waals surface area contributed by atoms with Crippen molar-refractivity contribution in [2.24, 2.45) is 5.73 Å². The second-order valence-corrected chi connectivity index (χ2v) is 4.93. The van der Waals surface area contributed by atoms with E-state index in [9.17, 15) is 4.79 Å². The van der Waals surface area contributed by atoms with Crippen molar-refractivity contribution in [2.75, 3.05) is 6.54 Å². The Bertz CT molecular complexity index is 381. The summed E-state index contributed by atoms with van der Waals surface area (Å²) in [6, 6.07) is 0.239. The molecule has 0 aliphatic carbocycles. The lowest BCUT2D eigenvalue weighted by Gasteiger charge is -2.38. The molecule has 2 atom stereocenters. The fourth-order valence-corrected chi connectivity index (χ4v) is 2.52. The van der Waals surface area contributed by atoms with Crippen LogP contribution < -0.4 is 5.73 Å². The van der Waals surface area contributed by atoms with Crippen LogP contribution in [0.1, 0.15) is 32.6 Å². The number of nitrogens with two attached hydrogens (primary N) is 1. The van der Waals surface area contributed by atoms with Crippen LogP contribution in [0.25, 0.3) is 0 Å². The Hall–Kier alpha value is -1.14. The first kappa shape index (κ1) is 15.9. The van der Waals surface area contributed by atoms with Gasteiger partial charge in [-0.05, 0) is 26.2 Å². The van der Waals surface area contributed by atoms with E-state index in [1.165, 1.54) is 6.42 Å². The topological polar surface area (TPSA) is 77.0 Å². The van der Waals surface area contributed by atoms with Gasteiger partial charge in [-0.25, -0.2) is 0 Å². The largest absolute Gasteiger partial charge is 0.338 e. The molecule has 1 aliphatic heterocycles. The van der Waals surface area contributed by atoms with Crippen molar-refractivity contribution in [3.05, 3.63) is 12.4 Å². The number of hydrogen-bond donors (Lipinski definition) is 1. The van der Waals surface area contributed by atoms with Crippen LogP contribution in [0.4, 0.5) is 0 Å². The third kappa shape index (κ3) is 4.18. The number of aromatic nitrogens is 3. The zero-order chi connectivity index (χ0) is 13.0. The summed E-state index contributed by atoms with van der Waals surface area (Å²) in [6.07, 6.45) is 7.12. The quantitative estimate of drug-likeness (QED) is 0.889. The molecule has 108 valence electrons. The van der Waals surface area contributed by atoms with Gasteiger partial charge in [0.1, 0.15) is 0 Å². The first-order chi connectivity index (χ1) is 8.68. The maximum absolute atomic E-state index is 12.2. The first-order valence-corrected chi connectivity index (χ1v) is 6.57. The number of piperidine rings is 1. The summed E-state index contributed by atoms with van der Waals surface area (Å²) in [7, 11) is 0. The van der Waals surface area contributed by atoms with E-state index in [-0.39, 0.29) is 30.4 Å². The molecule has 1 aromatic rings. The minimum atomic E-state index is 0. The van der Waals surface area contributed by atoms with Crippen molar-refractivity contribution >= 4 is 18.3 Å². The van der Waals surface area contributed by atoms with Crippen molar-refractivity contribution in [1.29, 1.82) is 0 Å². The number of carbonyl (C=O) groups is 1. The van der Waals surface area contributed by atoms with Gasteiger partial charge in [0.2, 0.25) is 5.91 Å². The summed E-state index contributed by atoms with van der Waals surface area (Å²) >= 11 is 0. The number of carbonyl (C=O) groups excluding carboxylic acids is 1. The molecular weight excluding hydrogens is 266 g/mol. The highest BCUT2D eigenvalue weighted by Crippen LogP contribution is 2.19. The van der Waals surface area contributed by atoms with Gasteiger partial charge in [-0.3, -0.25) is 9.48 Å². The summed E-state index contributed by atoms with van der Waals surface area (Å²) in [6.45, 7) is 3.40. The fraction of sp³-hybridized carbons (Fsp3) is 0.750. The van der Waals surface area contributed by atoms with E-state index in [0.717, 1.165) is 19.4 Å². The van der Waals surface area contributed by atoms with Gasteiger partial charge in [-0.15, -0.1) is 17.5 Å². The lowest BCUT2D eigenvalue weighted by Crippen LogP contribution is -2.51. The lowest BCUT2D eigenvalue weighted by molar-refractivity contribution is -0.135. The summed E-state index contributed by atoms with van der Waals surface area (Å²) < 4.78 is 1.68. The van der Waals surface area contributed by atoms with Gasteiger partial charge in [0, 0.05) is 31.2 Å². The Morgan fingerprint density at radius 1 is 1.53 bits per heavy atom. The van der Waals surface area contributed by atoms with Gasteiger partial charge in [-0.2, -0.15) is 0 Å². The molecule has 0 radical (unpaired) electrons. The first-order valence-electron chi connectivity index (χ1n) is 6.57. The molecule has 6 nitrogen and oxygen atoms in total. The summed E-state index contributed by atoms with van der Waals surface area (Å²) in [5.74, 6) is 0.174. The van der Waals surface area contributed by atoms with E-state index >= 15 is 0 Å². The third-order valence-electron chi connectivity index (χ3n) is 3.50. The van der Waals surface area contributed by atoms with Crippen LogP contribution in [0.15, 0.2) is 12.4 Å². The standard InChI is InChI=1S/C12H21N5O.ClH/c1-10(13)11-4-2-3-7-17(11)12(18)5-8-16-9-6-14-15-16;/h6,9-11H,2-5,7-8,13H2,1H3;1H. The van der Waals surface area contributed by atoms with E-state index < -0.39 is 0 Å². The van der Waals surface area contributed by atoms with Gasteiger partial charge in [-0.1, -0.05) is 5.21 Å². The van der Waals surface area contributed by atoms with Gasteiger partial charge in [0.05, 0.1) is 12.7 Å². The molecule has 19 heavy (non-hydrogen) atoms. The Morgan fingerprint density at radius 3 is 2.95 bits per heavy atom. The average molecular weight is 288 g/mol.